The summed E-state index contributed by atoms with van der Waals surface area (Å²) in [6.07, 6.45) is 4.47. The van der Waals surface area contributed by atoms with Gasteiger partial charge in [-0.15, -0.1) is 11.3 Å². The van der Waals surface area contributed by atoms with Crippen LogP contribution >= 0.6 is 22.9 Å². The van der Waals surface area contributed by atoms with Gasteiger partial charge in [-0.3, -0.25) is 4.98 Å². The highest BCUT2D eigenvalue weighted by Gasteiger charge is 2.08. The van der Waals surface area contributed by atoms with Crippen molar-refractivity contribution in [2.45, 2.75) is 20.3 Å². The lowest BCUT2D eigenvalue weighted by molar-refractivity contribution is 0.645. The van der Waals surface area contributed by atoms with E-state index in [0.29, 0.717) is 10.9 Å². The van der Waals surface area contributed by atoms with E-state index in [1.165, 1.54) is 0 Å². The summed E-state index contributed by atoms with van der Waals surface area (Å²) in [7, 11) is 0. The Labute approximate surface area is 92.0 Å². The molecule has 0 radical (unpaired) electrons. The summed E-state index contributed by atoms with van der Waals surface area (Å²) < 4.78 is 1.08. The Bertz CT molecular complexity index is 450. The summed E-state index contributed by atoms with van der Waals surface area (Å²) in [5, 5.41) is 1.79. The first-order chi connectivity index (χ1) is 6.66. The van der Waals surface area contributed by atoms with Crippen LogP contribution in [0.1, 0.15) is 18.9 Å². The summed E-state index contributed by atoms with van der Waals surface area (Å²) in [6, 6.07) is 0. The average Bonchev–Trinajstić information content (AvgIpc) is 2.47. The third-order valence-electron chi connectivity index (χ3n) is 1.89. The molecule has 0 aromatic carbocycles. The minimum atomic E-state index is 0.627. The zero-order valence-electron chi connectivity index (χ0n) is 8.12. The molecule has 14 heavy (non-hydrogen) atoms. The molecule has 0 saturated heterocycles. The Balaban J connectivity index is 2.46. The summed E-state index contributed by atoms with van der Waals surface area (Å²) in [5.74, 6) is 0.627. The Morgan fingerprint density at radius 3 is 2.86 bits per heavy atom. The number of fused-ring (bicyclic) bond motifs is 1. The number of pyridine rings is 1. The van der Waals surface area contributed by atoms with E-state index in [4.69, 9.17) is 11.6 Å². The predicted molar refractivity (Wildman–Crippen MR) is 61.0 cm³/mol. The van der Waals surface area contributed by atoms with Crippen LogP contribution in [0.5, 0.6) is 0 Å². The van der Waals surface area contributed by atoms with Crippen molar-refractivity contribution < 1.29 is 0 Å². The molecule has 0 spiro atoms. The maximum absolute atomic E-state index is 5.99. The second-order valence-corrected chi connectivity index (χ2v) is 5.20. The van der Waals surface area contributed by atoms with Gasteiger partial charge < -0.3 is 0 Å². The van der Waals surface area contributed by atoms with E-state index in [2.05, 4.69) is 23.8 Å². The molecule has 0 bridgehead atoms. The Morgan fingerprint density at radius 1 is 1.43 bits per heavy atom. The SMILES string of the molecule is CC(C)Cc1nc2c(Cl)cncc2s1. The topological polar surface area (TPSA) is 25.8 Å². The molecule has 2 heterocycles. The van der Waals surface area contributed by atoms with Crippen LogP contribution in [0.25, 0.3) is 10.2 Å². The van der Waals surface area contributed by atoms with Crippen molar-refractivity contribution in [1.29, 1.82) is 0 Å². The van der Waals surface area contributed by atoms with Crippen LogP contribution < -0.4 is 0 Å². The number of rotatable bonds is 2. The molecule has 0 aliphatic heterocycles. The maximum Gasteiger partial charge on any atom is 0.103 e. The van der Waals surface area contributed by atoms with E-state index in [9.17, 15) is 0 Å². The van der Waals surface area contributed by atoms with Gasteiger partial charge in [0.1, 0.15) is 5.52 Å². The van der Waals surface area contributed by atoms with Crippen molar-refractivity contribution in [3.63, 3.8) is 0 Å². The lowest BCUT2D eigenvalue weighted by Gasteiger charge is -1.97. The largest absolute Gasteiger partial charge is 0.262 e. The molecular formula is C10H11ClN2S. The number of thiazole rings is 1. The van der Waals surface area contributed by atoms with E-state index in [0.717, 1.165) is 21.6 Å². The molecule has 2 aromatic heterocycles. The first-order valence-corrected chi connectivity index (χ1v) is 5.75. The zero-order valence-corrected chi connectivity index (χ0v) is 9.69. The summed E-state index contributed by atoms with van der Waals surface area (Å²) >= 11 is 7.67. The molecule has 0 unspecified atom stereocenters. The molecule has 2 rings (SSSR count). The van der Waals surface area contributed by atoms with Crippen LogP contribution in [-0.2, 0) is 6.42 Å². The Hall–Kier alpha value is -0.670. The molecule has 0 amide bonds. The number of aromatic nitrogens is 2. The van der Waals surface area contributed by atoms with Crippen molar-refractivity contribution in [2.24, 2.45) is 5.92 Å². The predicted octanol–water partition coefficient (Wildman–Crippen LogP) is 3.54. The van der Waals surface area contributed by atoms with Gasteiger partial charge in [-0.2, -0.15) is 0 Å². The second-order valence-electron chi connectivity index (χ2n) is 3.67. The van der Waals surface area contributed by atoms with Crippen molar-refractivity contribution in [2.75, 3.05) is 0 Å². The van der Waals surface area contributed by atoms with E-state index < -0.39 is 0 Å². The fourth-order valence-electron chi connectivity index (χ4n) is 1.30. The molecule has 0 aliphatic carbocycles. The van der Waals surface area contributed by atoms with Crippen molar-refractivity contribution >= 4 is 33.2 Å². The molecule has 0 fully saturated rings. The van der Waals surface area contributed by atoms with E-state index >= 15 is 0 Å². The van der Waals surface area contributed by atoms with Gasteiger partial charge in [0.2, 0.25) is 0 Å². The zero-order chi connectivity index (χ0) is 10.1. The highest BCUT2D eigenvalue weighted by atomic mass is 35.5. The minimum Gasteiger partial charge on any atom is -0.262 e. The number of hydrogen-bond acceptors (Lipinski definition) is 3. The van der Waals surface area contributed by atoms with Crippen LogP contribution in [0.2, 0.25) is 5.02 Å². The van der Waals surface area contributed by atoms with Gasteiger partial charge in [0, 0.05) is 18.8 Å². The summed E-state index contributed by atoms with van der Waals surface area (Å²) in [4.78, 5) is 8.54. The normalized spacial score (nSPS) is 11.4. The summed E-state index contributed by atoms with van der Waals surface area (Å²) in [5.41, 5.74) is 0.891. The van der Waals surface area contributed by atoms with Crippen molar-refractivity contribution in [3.8, 4) is 0 Å². The highest BCUT2D eigenvalue weighted by molar-refractivity contribution is 7.18. The molecule has 4 heteroatoms. The highest BCUT2D eigenvalue weighted by Crippen LogP contribution is 2.27. The smallest absolute Gasteiger partial charge is 0.103 e. The lowest BCUT2D eigenvalue weighted by atomic mass is 10.1. The molecule has 74 valence electrons. The molecule has 0 atom stereocenters. The van der Waals surface area contributed by atoms with E-state index in [1.54, 1.807) is 17.5 Å². The fourth-order valence-corrected chi connectivity index (χ4v) is 2.73. The molecule has 0 N–H and O–H groups in total. The third kappa shape index (κ3) is 1.88. The third-order valence-corrected chi connectivity index (χ3v) is 3.18. The van der Waals surface area contributed by atoms with Gasteiger partial charge in [-0.1, -0.05) is 25.4 Å². The van der Waals surface area contributed by atoms with Gasteiger partial charge in [-0.05, 0) is 5.92 Å². The fraction of sp³-hybridized carbons (Fsp3) is 0.400. The molecular weight excluding hydrogens is 216 g/mol. The molecule has 0 aliphatic rings. The first-order valence-electron chi connectivity index (χ1n) is 4.55. The maximum atomic E-state index is 5.99. The second kappa shape index (κ2) is 3.83. The molecule has 0 saturated carbocycles. The number of hydrogen-bond donors (Lipinski definition) is 0. The molecule has 2 aromatic rings. The van der Waals surface area contributed by atoms with Gasteiger partial charge in [0.05, 0.1) is 14.7 Å². The van der Waals surface area contributed by atoms with Crippen LogP contribution in [0.4, 0.5) is 0 Å². The quantitative estimate of drug-likeness (QED) is 0.783. The van der Waals surface area contributed by atoms with E-state index in [1.807, 2.05) is 6.20 Å². The first kappa shape index (κ1) is 9.87. The van der Waals surface area contributed by atoms with Crippen LogP contribution in [0.15, 0.2) is 12.4 Å². The van der Waals surface area contributed by atoms with Gasteiger partial charge in [0.15, 0.2) is 0 Å². The van der Waals surface area contributed by atoms with E-state index in [-0.39, 0.29) is 0 Å². The van der Waals surface area contributed by atoms with Gasteiger partial charge >= 0.3 is 0 Å². The van der Waals surface area contributed by atoms with Crippen molar-refractivity contribution in [1.82, 2.24) is 9.97 Å². The summed E-state index contributed by atoms with van der Waals surface area (Å²) in [6.45, 7) is 4.37. The minimum absolute atomic E-state index is 0.627. The van der Waals surface area contributed by atoms with Gasteiger partial charge in [-0.25, -0.2) is 4.98 Å². The molecule has 2 nitrogen and oxygen atoms in total. The standard InChI is InChI=1S/C10H11ClN2S/c1-6(2)3-9-13-10-7(11)4-12-5-8(10)14-9/h4-6H,3H2,1-2H3. The Kier molecular flexibility index (Phi) is 2.70. The number of halogens is 1. The monoisotopic (exact) mass is 226 g/mol. The van der Waals surface area contributed by atoms with Crippen LogP contribution in [0.3, 0.4) is 0 Å². The Morgan fingerprint density at radius 2 is 2.21 bits per heavy atom. The van der Waals surface area contributed by atoms with Crippen LogP contribution in [-0.4, -0.2) is 9.97 Å². The lowest BCUT2D eigenvalue weighted by Crippen LogP contribution is -1.92. The average molecular weight is 227 g/mol. The van der Waals surface area contributed by atoms with Crippen LogP contribution in [0, 0.1) is 5.92 Å². The van der Waals surface area contributed by atoms with Gasteiger partial charge in [0.25, 0.3) is 0 Å². The van der Waals surface area contributed by atoms with Crippen molar-refractivity contribution in [3.05, 3.63) is 22.4 Å². The number of nitrogens with zero attached hydrogens (tertiary/aromatic N) is 2.